The SMILES string of the molecule is CCCC(CO)Oc1nc(N)c2cnn(Cc3ccc(CN4CCCC4)cc3)c2n1. The Morgan fingerprint density at radius 3 is 2.47 bits per heavy atom. The zero-order chi connectivity index (χ0) is 20.9. The number of rotatable bonds is 9. The molecule has 0 aliphatic carbocycles. The van der Waals surface area contributed by atoms with Crippen molar-refractivity contribution >= 4 is 16.9 Å². The van der Waals surface area contributed by atoms with Crippen LogP contribution in [0.4, 0.5) is 5.82 Å². The molecule has 30 heavy (non-hydrogen) atoms. The molecule has 0 amide bonds. The first-order valence-electron chi connectivity index (χ1n) is 10.7. The molecule has 1 aliphatic rings. The normalized spacial score (nSPS) is 15.7. The third-order valence-corrected chi connectivity index (χ3v) is 5.55. The number of nitrogen functional groups attached to an aromatic ring is 1. The van der Waals surface area contributed by atoms with Crippen LogP contribution in [0.15, 0.2) is 30.5 Å². The smallest absolute Gasteiger partial charge is 0.320 e. The zero-order valence-corrected chi connectivity index (χ0v) is 17.5. The van der Waals surface area contributed by atoms with E-state index in [2.05, 4.69) is 44.2 Å². The molecule has 1 aliphatic heterocycles. The number of nitrogens with zero attached hydrogens (tertiary/aromatic N) is 5. The highest BCUT2D eigenvalue weighted by molar-refractivity contribution is 5.85. The van der Waals surface area contributed by atoms with Crippen molar-refractivity contribution < 1.29 is 9.84 Å². The van der Waals surface area contributed by atoms with Crippen LogP contribution in [0, 0.1) is 0 Å². The van der Waals surface area contributed by atoms with Crippen molar-refractivity contribution in [1.82, 2.24) is 24.6 Å². The van der Waals surface area contributed by atoms with Crippen molar-refractivity contribution in [1.29, 1.82) is 0 Å². The summed E-state index contributed by atoms with van der Waals surface area (Å²) >= 11 is 0. The van der Waals surface area contributed by atoms with E-state index in [1.807, 2.05) is 11.6 Å². The minimum absolute atomic E-state index is 0.0851. The van der Waals surface area contributed by atoms with Crippen LogP contribution in [-0.2, 0) is 13.1 Å². The standard InChI is InChI=1S/C22H30N6O2/c1-2-5-18(15-29)30-22-25-20(23)19-12-24-28(21(19)26-22)14-17-8-6-16(7-9-17)13-27-10-3-4-11-27/h6-9,12,18,29H,2-5,10-11,13-15H2,1H3,(H2,23,25,26). The van der Waals surface area contributed by atoms with Gasteiger partial charge < -0.3 is 15.6 Å². The summed E-state index contributed by atoms with van der Waals surface area (Å²) in [4.78, 5) is 11.2. The van der Waals surface area contributed by atoms with Crippen LogP contribution in [0.5, 0.6) is 6.01 Å². The van der Waals surface area contributed by atoms with E-state index in [-0.39, 0.29) is 18.7 Å². The molecule has 8 nitrogen and oxygen atoms in total. The van der Waals surface area contributed by atoms with E-state index in [4.69, 9.17) is 10.5 Å². The van der Waals surface area contributed by atoms with Gasteiger partial charge in [-0.25, -0.2) is 4.68 Å². The highest BCUT2D eigenvalue weighted by Gasteiger charge is 2.16. The van der Waals surface area contributed by atoms with Gasteiger partial charge in [0.1, 0.15) is 11.9 Å². The van der Waals surface area contributed by atoms with Gasteiger partial charge in [0, 0.05) is 6.54 Å². The predicted octanol–water partition coefficient (Wildman–Crippen LogP) is 2.59. The topological polar surface area (TPSA) is 102 Å². The van der Waals surface area contributed by atoms with Crippen molar-refractivity contribution in [2.75, 3.05) is 25.4 Å². The van der Waals surface area contributed by atoms with Crippen LogP contribution in [-0.4, -0.2) is 55.6 Å². The summed E-state index contributed by atoms with van der Waals surface area (Å²) in [7, 11) is 0. The quantitative estimate of drug-likeness (QED) is 0.559. The average Bonchev–Trinajstić information content (AvgIpc) is 3.40. The maximum atomic E-state index is 9.49. The van der Waals surface area contributed by atoms with Crippen LogP contribution >= 0.6 is 0 Å². The number of ether oxygens (including phenoxy) is 1. The Kier molecular flexibility index (Phi) is 6.44. The van der Waals surface area contributed by atoms with Gasteiger partial charge in [-0.3, -0.25) is 4.90 Å². The Hall–Kier alpha value is -2.71. The Morgan fingerprint density at radius 1 is 1.10 bits per heavy atom. The first kappa shape index (κ1) is 20.6. The molecule has 0 radical (unpaired) electrons. The first-order valence-corrected chi connectivity index (χ1v) is 10.7. The Bertz CT molecular complexity index is 966. The summed E-state index contributed by atoms with van der Waals surface area (Å²) < 4.78 is 7.56. The lowest BCUT2D eigenvalue weighted by molar-refractivity contribution is 0.0993. The van der Waals surface area contributed by atoms with Crippen LogP contribution in [0.25, 0.3) is 11.0 Å². The zero-order valence-electron chi connectivity index (χ0n) is 17.5. The molecule has 2 aromatic heterocycles. The third-order valence-electron chi connectivity index (χ3n) is 5.55. The first-order chi connectivity index (χ1) is 14.7. The van der Waals surface area contributed by atoms with Crippen molar-refractivity contribution in [2.24, 2.45) is 0 Å². The number of fused-ring (bicyclic) bond motifs is 1. The molecule has 160 valence electrons. The van der Waals surface area contributed by atoms with Crippen LogP contribution < -0.4 is 10.5 Å². The van der Waals surface area contributed by atoms with Gasteiger partial charge in [-0.2, -0.15) is 15.1 Å². The van der Waals surface area contributed by atoms with Gasteiger partial charge in [0.15, 0.2) is 5.65 Å². The lowest BCUT2D eigenvalue weighted by Crippen LogP contribution is -2.22. The van der Waals surface area contributed by atoms with E-state index < -0.39 is 0 Å². The molecular formula is C22H30N6O2. The summed E-state index contributed by atoms with van der Waals surface area (Å²) in [5, 5.41) is 14.6. The lowest BCUT2D eigenvalue weighted by Gasteiger charge is -2.15. The molecule has 1 atom stereocenters. The Labute approximate surface area is 176 Å². The number of aliphatic hydroxyl groups excluding tert-OH is 1. The molecule has 1 saturated heterocycles. The number of aliphatic hydroxyl groups is 1. The summed E-state index contributed by atoms with van der Waals surface area (Å²) in [5.41, 5.74) is 9.21. The molecule has 3 heterocycles. The maximum absolute atomic E-state index is 9.49. The highest BCUT2D eigenvalue weighted by Crippen LogP contribution is 2.22. The largest absolute Gasteiger partial charge is 0.458 e. The molecule has 1 fully saturated rings. The molecule has 3 N–H and O–H groups in total. The van der Waals surface area contributed by atoms with E-state index in [9.17, 15) is 5.11 Å². The third kappa shape index (κ3) is 4.71. The van der Waals surface area contributed by atoms with Gasteiger partial charge >= 0.3 is 6.01 Å². The second-order valence-electron chi connectivity index (χ2n) is 7.94. The number of benzene rings is 1. The number of hydrogen-bond acceptors (Lipinski definition) is 7. The van der Waals surface area contributed by atoms with Gasteiger partial charge in [-0.15, -0.1) is 0 Å². The Balaban J connectivity index is 1.50. The second-order valence-corrected chi connectivity index (χ2v) is 7.94. The minimum Gasteiger partial charge on any atom is -0.458 e. The average molecular weight is 411 g/mol. The van der Waals surface area contributed by atoms with Crippen molar-refractivity contribution in [3.8, 4) is 6.01 Å². The van der Waals surface area contributed by atoms with Gasteiger partial charge in [-0.05, 0) is 43.5 Å². The molecule has 1 aromatic carbocycles. The molecule has 0 saturated carbocycles. The summed E-state index contributed by atoms with van der Waals surface area (Å²) in [5.74, 6) is 0.329. The van der Waals surface area contributed by atoms with Crippen molar-refractivity contribution in [2.45, 2.75) is 51.8 Å². The number of nitrogens with two attached hydrogens (primary N) is 1. The molecule has 4 rings (SSSR count). The lowest BCUT2D eigenvalue weighted by atomic mass is 10.1. The molecular weight excluding hydrogens is 380 g/mol. The van der Waals surface area contributed by atoms with Crippen LogP contribution in [0.1, 0.15) is 43.7 Å². The van der Waals surface area contributed by atoms with E-state index in [1.165, 1.54) is 31.5 Å². The highest BCUT2D eigenvalue weighted by atomic mass is 16.5. The van der Waals surface area contributed by atoms with E-state index >= 15 is 0 Å². The molecule has 0 spiro atoms. The molecule has 8 heteroatoms. The molecule has 1 unspecified atom stereocenters. The summed E-state index contributed by atoms with van der Waals surface area (Å²) in [6, 6.07) is 8.84. The van der Waals surface area contributed by atoms with E-state index in [0.29, 0.717) is 23.4 Å². The number of anilines is 1. The van der Waals surface area contributed by atoms with Gasteiger partial charge in [0.25, 0.3) is 0 Å². The maximum Gasteiger partial charge on any atom is 0.320 e. The van der Waals surface area contributed by atoms with Gasteiger partial charge in [0.2, 0.25) is 0 Å². The summed E-state index contributed by atoms with van der Waals surface area (Å²) in [6.45, 7) is 5.94. The fourth-order valence-electron chi connectivity index (χ4n) is 3.91. The minimum atomic E-state index is -0.341. The van der Waals surface area contributed by atoms with Crippen LogP contribution in [0.3, 0.4) is 0 Å². The van der Waals surface area contributed by atoms with Crippen molar-refractivity contribution in [3.63, 3.8) is 0 Å². The molecule has 3 aromatic rings. The number of aromatic nitrogens is 4. The van der Waals surface area contributed by atoms with Crippen molar-refractivity contribution in [3.05, 3.63) is 41.6 Å². The van der Waals surface area contributed by atoms with E-state index in [1.54, 1.807) is 6.20 Å². The second kappa shape index (κ2) is 9.40. The fraction of sp³-hybridized carbons (Fsp3) is 0.500. The monoisotopic (exact) mass is 410 g/mol. The van der Waals surface area contributed by atoms with Gasteiger partial charge in [-0.1, -0.05) is 37.6 Å². The van der Waals surface area contributed by atoms with Gasteiger partial charge in [0.05, 0.1) is 24.7 Å². The number of likely N-dealkylation sites (tertiary alicyclic amines) is 1. The number of hydrogen-bond donors (Lipinski definition) is 2. The fourth-order valence-corrected chi connectivity index (χ4v) is 3.91. The predicted molar refractivity (Wildman–Crippen MR) is 116 cm³/mol. The van der Waals surface area contributed by atoms with E-state index in [0.717, 1.165) is 24.9 Å². The molecule has 0 bridgehead atoms. The summed E-state index contributed by atoms with van der Waals surface area (Å²) in [6.07, 6.45) is 5.57. The Morgan fingerprint density at radius 2 is 1.80 bits per heavy atom. The van der Waals surface area contributed by atoms with Crippen LogP contribution in [0.2, 0.25) is 0 Å².